The van der Waals surface area contributed by atoms with Gasteiger partial charge in [-0.1, -0.05) is 0 Å². The van der Waals surface area contributed by atoms with Crippen molar-refractivity contribution in [1.82, 2.24) is 0 Å². The zero-order chi connectivity index (χ0) is 8.32. The maximum Gasteiger partial charge on any atom is 0.133 e. The predicted molar refractivity (Wildman–Crippen MR) is 40.1 cm³/mol. The maximum atomic E-state index is 10.8. The van der Waals surface area contributed by atoms with Crippen molar-refractivity contribution in [2.24, 2.45) is 0 Å². The van der Waals surface area contributed by atoms with Crippen molar-refractivity contribution >= 4 is 5.78 Å². The Hall–Kier alpha value is -0.410. The summed E-state index contributed by atoms with van der Waals surface area (Å²) in [5.41, 5.74) is -0.761. The van der Waals surface area contributed by atoms with E-state index in [4.69, 9.17) is 5.11 Å². The van der Waals surface area contributed by atoms with Crippen LogP contribution in [0.2, 0.25) is 0 Å². The monoisotopic (exact) mass is 158 g/mol. The normalized spacial score (nSPS) is 23.6. The molecule has 0 atom stereocenters. The van der Waals surface area contributed by atoms with Crippen molar-refractivity contribution < 1.29 is 15.0 Å². The number of carbonyl (C=O) groups excluding carboxylic acids is 1. The van der Waals surface area contributed by atoms with Gasteiger partial charge in [-0.05, 0) is 19.3 Å². The van der Waals surface area contributed by atoms with E-state index in [1.54, 1.807) is 0 Å². The number of Topliss-reactive ketones (excluding diaryl/α,β-unsaturated/α-hetero) is 1. The number of rotatable bonds is 2. The first kappa shape index (κ1) is 8.68. The minimum atomic E-state index is -0.761. The minimum absolute atomic E-state index is 0.00465. The SMILES string of the molecule is O=C1CCC(O)(CCO)CC1. The smallest absolute Gasteiger partial charge is 0.133 e. The average molecular weight is 158 g/mol. The van der Waals surface area contributed by atoms with Crippen molar-refractivity contribution in [1.29, 1.82) is 0 Å². The maximum absolute atomic E-state index is 10.8. The van der Waals surface area contributed by atoms with Crippen LogP contribution in [0.15, 0.2) is 0 Å². The Balaban J connectivity index is 2.41. The lowest BCUT2D eigenvalue weighted by Gasteiger charge is -2.30. The Labute approximate surface area is 66.0 Å². The highest BCUT2D eigenvalue weighted by atomic mass is 16.3. The molecule has 0 unspecified atom stereocenters. The second-order valence-electron chi connectivity index (χ2n) is 3.24. The molecule has 64 valence electrons. The zero-order valence-electron chi connectivity index (χ0n) is 6.55. The highest BCUT2D eigenvalue weighted by Gasteiger charge is 2.31. The van der Waals surface area contributed by atoms with E-state index in [1.165, 1.54) is 0 Å². The van der Waals surface area contributed by atoms with Gasteiger partial charge in [0, 0.05) is 19.4 Å². The standard InChI is InChI=1S/C8H14O3/c9-6-5-8(11)3-1-7(10)2-4-8/h9,11H,1-6H2. The molecule has 0 aromatic carbocycles. The Morgan fingerprint density at radius 3 is 2.36 bits per heavy atom. The Kier molecular flexibility index (Phi) is 2.62. The molecule has 0 saturated heterocycles. The first-order chi connectivity index (χ1) is 5.16. The third-order valence-corrected chi connectivity index (χ3v) is 2.32. The summed E-state index contributed by atoms with van der Waals surface area (Å²) in [4.78, 5) is 10.8. The van der Waals surface area contributed by atoms with Crippen molar-refractivity contribution in [3.05, 3.63) is 0 Å². The highest BCUT2D eigenvalue weighted by Crippen LogP contribution is 2.28. The van der Waals surface area contributed by atoms with E-state index in [1.807, 2.05) is 0 Å². The molecular weight excluding hydrogens is 144 g/mol. The Morgan fingerprint density at radius 1 is 1.36 bits per heavy atom. The van der Waals surface area contributed by atoms with Gasteiger partial charge in [-0.3, -0.25) is 4.79 Å². The van der Waals surface area contributed by atoms with Gasteiger partial charge in [0.2, 0.25) is 0 Å². The van der Waals surface area contributed by atoms with Crippen LogP contribution in [-0.2, 0) is 4.79 Å². The molecule has 0 aliphatic heterocycles. The quantitative estimate of drug-likeness (QED) is 0.605. The van der Waals surface area contributed by atoms with Gasteiger partial charge in [0.05, 0.1) is 5.60 Å². The van der Waals surface area contributed by atoms with Crippen LogP contribution in [0.1, 0.15) is 32.1 Å². The van der Waals surface area contributed by atoms with Crippen molar-refractivity contribution in [2.45, 2.75) is 37.7 Å². The zero-order valence-corrected chi connectivity index (χ0v) is 6.55. The summed E-state index contributed by atoms with van der Waals surface area (Å²) in [6.07, 6.45) is 2.38. The molecular formula is C8H14O3. The fraction of sp³-hybridized carbons (Fsp3) is 0.875. The van der Waals surface area contributed by atoms with Crippen LogP contribution in [0.5, 0.6) is 0 Å². The van der Waals surface area contributed by atoms with Crippen molar-refractivity contribution in [3.63, 3.8) is 0 Å². The third kappa shape index (κ3) is 2.27. The van der Waals surface area contributed by atoms with E-state index >= 15 is 0 Å². The molecule has 0 spiro atoms. The van der Waals surface area contributed by atoms with Crippen LogP contribution >= 0.6 is 0 Å². The van der Waals surface area contributed by atoms with Gasteiger partial charge >= 0.3 is 0 Å². The summed E-state index contributed by atoms with van der Waals surface area (Å²) in [5, 5.41) is 18.3. The molecule has 2 N–H and O–H groups in total. The molecule has 0 bridgehead atoms. The second-order valence-corrected chi connectivity index (χ2v) is 3.24. The third-order valence-electron chi connectivity index (χ3n) is 2.32. The number of aliphatic hydroxyl groups excluding tert-OH is 1. The van der Waals surface area contributed by atoms with Crippen molar-refractivity contribution in [2.75, 3.05) is 6.61 Å². The van der Waals surface area contributed by atoms with E-state index in [9.17, 15) is 9.90 Å². The predicted octanol–water partition coefficient (Wildman–Crippen LogP) is 0.243. The van der Waals surface area contributed by atoms with E-state index in [0.29, 0.717) is 32.1 Å². The topological polar surface area (TPSA) is 57.5 Å². The first-order valence-electron chi connectivity index (χ1n) is 4.01. The average Bonchev–Trinajstić information content (AvgIpc) is 1.97. The molecule has 0 amide bonds. The largest absolute Gasteiger partial charge is 0.396 e. The highest BCUT2D eigenvalue weighted by molar-refractivity contribution is 5.79. The first-order valence-corrected chi connectivity index (χ1v) is 4.01. The van der Waals surface area contributed by atoms with Gasteiger partial charge < -0.3 is 10.2 Å². The Bertz CT molecular complexity index is 143. The molecule has 0 aromatic rings. The molecule has 1 fully saturated rings. The molecule has 11 heavy (non-hydrogen) atoms. The molecule has 1 aliphatic rings. The molecule has 0 aromatic heterocycles. The summed E-state index contributed by atoms with van der Waals surface area (Å²) in [5.74, 6) is 0.229. The number of aliphatic hydroxyl groups is 2. The molecule has 3 heteroatoms. The summed E-state index contributed by atoms with van der Waals surface area (Å²) < 4.78 is 0. The van der Waals surface area contributed by atoms with E-state index < -0.39 is 5.60 Å². The molecule has 1 saturated carbocycles. The molecule has 3 nitrogen and oxygen atoms in total. The van der Waals surface area contributed by atoms with Gasteiger partial charge in [0.15, 0.2) is 0 Å². The number of hydrogen-bond acceptors (Lipinski definition) is 3. The Morgan fingerprint density at radius 2 is 1.91 bits per heavy atom. The van der Waals surface area contributed by atoms with Crippen LogP contribution in [0.3, 0.4) is 0 Å². The molecule has 0 heterocycles. The van der Waals surface area contributed by atoms with Crippen LogP contribution in [0.25, 0.3) is 0 Å². The summed E-state index contributed by atoms with van der Waals surface area (Å²) in [6.45, 7) is 0.00465. The van der Waals surface area contributed by atoms with Gasteiger partial charge in [-0.25, -0.2) is 0 Å². The van der Waals surface area contributed by atoms with Gasteiger partial charge in [0.25, 0.3) is 0 Å². The molecule has 0 radical (unpaired) electrons. The number of hydrogen-bond donors (Lipinski definition) is 2. The lowest BCUT2D eigenvalue weighted by Crippen LogP contribution is -2.34. The van der Waals surface area contributed by atoms with Crippen LogP contribution < -0.4 is 0 Å². The second kappa shape index (κ2) is 3.32. The minimum Gasteiger partial charge on any atom is -0.396 e. The van der Waals surface area contributed by atoms with Crippen LogP contribution in [0, 0.1) is 0 Å². The summed E-state index contributed by atoms with van der Waals surface area (Å²) in [6, 6.07) is 0. The summed E-state index contributed by atoms with van der Waals surface area (Å²) in [7, 11) is 0. The number of carbonyl (C=O) groups is 1. The lowest BCUT2D eigenvalue weighted by atomic mass is 9.82. The van der Waals surface area contributed by atoms with Crippen LogP contribution in [0.4, 0.5) is 0 Å². The summed E-state index contributed by atoms with van der Waals surface area (Å²) >= 11 is 0. The van der Waals surface area contributed by atoms with E-state index in [0.717, 1.165) is 0 Å². The lowest BCUT2D eigenvalue weighted by molar-refractivity contribution is -0.126. The van der Waals surface area contributed by atoms with Gasteiger partial charge in [-0.15, -0.1) is 0 Å². The fourth-order valence-electron chi connectivity index (χ4n) is 1.45. The fourth-order valence-corrected chi connectivity index (χ4v) is 1.45. The molecule has 1 rings (SSSR count). The molecule has 1 aliphatic carbocycles. The van der Waals surface area contributed by atoms with Gasteiger partial charge in [0.1, 0.15) is 5.78 Å². The van der Waals surface area contributed by atoms with E-state index in [2.05, 4.69) is 0 Å². The van der Waals surface area contributed by atoms with Crippen molar-refractivity contribution in [3.8, 4) is 0 Å². The van der Waals surface area contributed by atoms with E-state index in [-0.39, 0.29) is 12.4 Å². The van der Waals surface area contributed by atoms with Crippen LogP contribution in [-0.4, -0.2) is 28.2 Å². The van der Waals surface area contributed by atoms with Gasteiger partial charge in [-0.2, -0.15) is 0 Å². The number of ketones is 1.